The summed E-state index contributed by atoms with van der Waals surface area (Å²) in [5.41, 5.74) is -0.371. The van der Waals surface area contributed by atoms with E-state index in [1.807, 2.05) is 13.8 Å². The van der Waals surface area contributed by atoms with Crippen LogP contribution in [-0.4, -0.2) is 21.5 Å². The third-order valence-corrected chi connectivity index (χ3v) is 3.50. The molecular formula is C10H13BrClN3O2. The number of hydrogen-bond donors (Lipinski definition) is 1. The molecule has 94 valence electrons. The average Bonchev–Trinajstić information content (AvgIpc) is 2.29. The highest BCUT2D eigenvalue weighted by molar-refractivity contribution is 9.10. The van der Waals surface area contributed by atoms with Crippen LogP contribution in [0.3, 0.4) is 0 Å². The van der Waals surface area contributed by atoms with Gasteiger partial charge in [0.1, 0.15) is 11.0 Å². The van der Waals surface area contributed by atoms with Gasteiger partial charge in [-0.15, -0.1) is 0 Å². The summed E-state index contributed by atoms with van der Waals surface area (Å²) < 4.78 is 1.37. The van der Waals surface area contributed by atoms with Gasteiger partial charge in [-0.05, 0) is 29.3 Å². The van der Waals surface area contributed by atoms with E-state index in [0.717, 1.165) is 6.42 Å². The molecule has 0 saturated carbocycles. The SMILES string of the molecule is CCC(C)NC(=O)Cn1cnc(Cl)c(Br)c1=O. The lowest BCUT2D eigenvalue weighted by atomic mass is 10.2. The molecule has 7 heteroatoms. The number of nitrogens with zero attached hydrogens (tertiary/aromatic N) is 2. The minimum atomic E-state index is -0.371. The van der Waals surface area contributed by atoms with Gasteiger partial charge >= 0.3 is 0 Å². The molecule has 1 aromatic heterocycles. The van der Waals surface area contributed by atoms with Gasteiger partial charge in [-0.2, -0.15) is 0 Å². The van der Waals surface area contributed by atoms with Gasteiger partial charge in [0.05, 0.1) is 6.33 Å². The zero-order valence-electron chi connectivity index (χ0n) is 9.54. The van der Waals surface area contributed by atoms with Crippen molar-refractivity contribution in [3.8, 4) is 0 Å². The standard InChI is InChI=1S/C10H13BrClN3O2/c1-3-6(2)14-7(16)4-15-5-13-9(12)8(11)10(15)17/h5-6H,3-4H2,1-2H3,(H,14,16). The first kappa shape index (κ1) is 14.2. The highest BCUT2D eigenvalue weighted by atomic mass is 79.9. The van der Waals surface area contributed by atoms with E-state index in [-0.39, 0.29) is 33.7 Å². The van der Waals surface area contributed by atoms with Crippen LogP contribution >= 0.6 is 27.5 Å². The van der Waals surface area contributed by atoms with E-state index in [1.54, 1.807) is 0 Å². The molecule has 1 atom stereocenters. The number of rotatable bonds is 4. The molecule has 1 rings (SSSR count). The van der Waals surface area contributed by atoms with Gasteiger partial charge in [0.15, 0.2) is 5.15 Å². The smallest absolute Gasteiger partial charge is 0.269 e. The van der Waals surface area contributed by atoms with Crippen LogP contribution in [0.1, 0.15) is 20.3 Å². The van der Waals surface area contributed by atoms with E-state index in [4.69, 9.17) is 11.6 Å². The molecule has 0 fully saturated rings. The van der Waals surface area contributed by atoms with Gasteiger partial charge in [0.25, 0.3) is 5.56 Å². The lowest BCUT2D eigenvalue weighted by molar-refractivity contribution is -0.122. The van der Waals surface area contributed by atoms with E-state index in [2.05, 4.69) is 26.2 Å². The molecule has 17 heavy (non-hydrogen) atoms. The van der Waals surface area contributed by atoms with Crippen molar-refractivity contribution < 1.29 is 4.79 Å². The van der Waals surface area contributed by atoms with Gasteiger partial charge in [-0.25, -0.2) is 4.98 Å². The number of amides is 1. The summed E-state index contributed by atoms with van der Waals surface area (Å²) in [6.07, 6.45) is 2.09. The first-order chi connectivity index (χ1) is 7.95. The highest BCUT2D eigenvalue weighted by Crippen LogP contribution is 2.13. The number of carbonyl (C=O) groups is 1. The van der Waals surface area contributed by atoms with E-state index >= 15 is 0 Å². The van der Waals surface area contributed by atoms with Crippen molar-refractivity contribution in [3.05, 3.63) is 26.3 Å². The maximum absolute atomic E-state index is 11.7. The molecule has 0 saturated heterocycles. The van der Waals surface area contributed by atoms with Crippen molar-refractivity contribution >= 4 is 33.4 Å². The van der Waals surface area contributed by atoms with Gasteiger partial charge in [0.2, 0.25) is 5.91 Å². The Bertz CT molecular complexity index is 475. The van der Waals surface area contributed by atoms with Crippen LogP contribution < -0.4 is 10.9 Å². The first-order valence-corrected chi connectivity index (χ1v) is 6.32. The normalized spacial score (nSPS) is 12.2. The van der Waals surface area contributed by atoms with Gasteiger partial charge in [-0.3, -0.25) is 14.2 Å². The third-order valence-electron chi connectivity index (χ3n) is 2.27. The Hall–Kier alpha value is -0.880. The molecule has 0 aliphatic rings. The monoisotopic (exact) mass is 321 g/mol. The highest BCUT2D eigenvalue weighted by Gasteiger charge is 2.11. The fraction of sp³-hybridized carbons (Fsp3) is 0.500. The van der Waals surface area contributed by atoms with E-state index in [9.17, 15) is 9.59 Å². The molecule has 1 N–H and O–H groups in total. The zero-order chi connectivity index (χ0) is 13.0. The number of halogens is 2. The lowest BCUT2D eigenvalue weighted by Crippen LogP contribution is -2.37. The van der Waals surface area contributed by atoms with Crippen LogP contribution in [0.2, 0.25) is 5.15 Å². The summed E-state index contributed by atoms with van der Waals surface area (Å²) >= 11 is 8.68. The molecule has 1 unspecified atom stereocenters. The summed E-state index contributed by atoms with van der Waals surface area (Å²) in [6, 6.07) is 0.0851. The maximum Gasteiger partial charge on any atom is 0.269 e. The Morgan fingerprint density at radius 3 is 2.94 bits per heavy atom. The fourth-order valence-corrected chi connectivity index (χ4v) is 1.59. The molecule has 0 spiro atoms. The molecule has 0 aliphatic carbocycles. The van der Waals surface area contributed by atoms with Gasteiger partial charge < -0.3 is 5.32 Å². The molecule has 0 radical (unpaired) electrons. The Labute approximate surface area is 112 Å². The predicted molar refractivity (Wildman–Crippen MR) is 69.1 cm³/mol. The van der Waals surface area contributed by atoms with Crippen molar-refractivity contribution in [1.29, 1.82) is 0 Å². The average molecular weight is 323 g/mol. The topological polar surface area (TPSA) is 64.0 Å². The van der Waals surface area contributed by atoms with E-state index in [1.165, 1.54) is 10.9 Å². The second-order valence-corrected chi connectivity index (χ2v) is 4.81. The Kier molecular flexibility index (Phi) is 5.14. The van der Waals surface area contributed by atoms with E-state index < -0.39 is 0 Å². The zero-order valence-corrected chi connectivity index (χ0v) is 11.9. The van der Waals surface area contributed by atoms with Gasteiger partial charge in [0, 0.05) is 6.04 Å². The number of nitrogens with one attached hydrogen (secondary N) is 1. The Morgan fingerprint density at radius 2 is 2.35 bits per heavy atom. The van der Waals surface area contributed by atoms with Crippen LogP contribution in [0.5, 0.6) is 0 Å². The van der Waals surface area contributed by atoms with Gasteiger partial charge in [-0.1, -0.05) is 18.5 Å². The molecule has 1 aromatic rings. The summed E-state index contributed by atoms with van der Waals surface area (Å²) in [5.74, 6) is -0.225. The predicted octanol–water partition coefficient (Wildman–Crippen LogP) is 1.57. The van der Waals surface area contributed by atoms with E-state index in [0.29, 0.717) is 0 Å². The van der Waals surface area contributed by atoms with Crippen molar-refractivity contribution in [2.45, 2.75) is 32.9 Å². The van der Waals surface area contributed by atoms with Crippen molar-refractivity contribution in [1.82, 2.24) is 14.9 Å². The largest absolute Gasteiger partial charge is 0.352 e. The fourth-order valence-electron chi connectivity index (χ4n) is 1.13. The quantitative estimate of drug-likeness (QED) is 0.856. The van der Waals surface area contributed by atoms with Crippen LogP contribution in [-0.2, 0) is 11.3 Å². The van der Waals surface area contributed by atoms with Crippen LogP contribution in [0.4, 0.5) is 0 Å². The molecule has 0 aliphatic heterocycles. The number of aromatic nitrogens is 2. The minimum Gasteiger partial charge on any atom is -0.352 e. The Balaban J connectivity index is 2.80. The molecule has 5 nitrogen and oxygen atoms in total. The molecule has 0 bridgehead atoms. The summed E-state index contributed by atoms with van der Waals surface area (Å²) in [4.78, 5) is 27.1. The second-order valence-electron chi connectivity index (χ2n) is 3.66. The summed E-state index contributed by atoms with van der Waals surface area (Å²) in [5, 5.41) is 2.86. The van der Waals surface area contributed by atoms with Crippen molar-refractivity contribution in [2.24, 2.45) is 0 Å². The van der Waals surface area contributed by atoms with Crippen LogP contribution in [0.25, 0.3) is 0 Å². The molecule has 1 amide bonds. The second kappa shape index (κ2) is 6.16. The molecular weight excluding hydrogens is 309 g/mol. The third kappa shape index (κ3) is 3.81. The van der Waals surface area contributed by atoms with Crippen LogP contribution in [0.15, 0.2) is 15.6 Å². The van der Waals surface area contributed by atoms with Crippen molar-refractivity contribution in [2.75, 3.05) is 0 Å². The lowest BCUT2D eigenvalue weighted by Gasteiger charge is -2.12. The number of carbonyl (C=O) groups excluding carboxylic acids is 1. The van der Waals surface area contributed by atoms with Crippen LogP contribution in [0, 0.1) is 0 Å². The maximum atomic E-state index is 11.7. The summed E-state index contributed by atoms with van der Waals surface area (Å²) in [7, 11) is 0. The molecule has 1 heterocycles. The summed E-state index contributed by atoms with van der Waals surface area (Å²) in [6.45, 7) is 3.81. The number of hydrogen-bond acceptors (Lipinski definition) is 3. The molecule has 0 aromatic carbocycles. The Morgan fingerprint density at radius 1 is 1.71 bits per heavy atom. The first-order valence-electron chi connectivity index (χ1n) is 5.15. The minimum absolute atomic E-state index is 0.0635. The van der Waals surface area contributed by atoms with Crippen molar-refractivity contribution in [3.63, 3.8) is 0 Å².